The lowest BCUT2D eigenvalue weighted by Gasteiger charge is -2.23. The second-order valence-electron chi connectivity index (χ2n) is 13.1. The van der Waals surface area contributed by atoms with Crippen LogP contribution in [-0.2, 0) is 46.5 Å². The minimum absolute atomic E-state index is 0.000879. The number of nitrogens with two attached hydrogens (primary N) is 1. The zero-order valence-electron chi connectivity index (χ0n) is 28.7. The Bertz CT molecular complexity index is 1450. The second-order valence-corrected chi connectivity index (χ2v) is 13.1. The zero-order valence-corrected chi connectivity index (χ0v) is 28.7. The molecule has 0 fully saturated rings. The van der Waals surface area contributed by atoms with Crippen molar-refractivity contribution in [2.75, 3.05) is 18.5 Å². The maximum Gasteiger partial charge on any atom is 0.311 e. The van der Waals surface area contributed by atoms with Crippen molar-refractivity contribution < 1.29 is 33.5 Å². The number of nitrogens with one attached hydrogen (secondary N) is 3. The molecule has 2 atom stereocenters. The Kier molecular flexibility index (Phi) is 15.3. The van der Waals surface area contributed by atoms with Crippen molar-refractivity contribution in [3.8, 4) is 0 Å². The summed E-state index contributed by atoms with van der Waals surface area (Å²) in [5.41, 5.74) is 13.6. The van der Waals surface area contributed by atoms with E-state index in [9.17, 15) is 28.8 Å². The van der Waals surface area contributed by atoms with Gasteiger partial charge >= 0.3 is 5.97 Å². The van der Waals surface area contributed by atoms with E-state index in [2.05, 4.69) is 16.2 Å². The SMILES string of the molecule is CC(C)(C)C(=O)OCc1ccc(NN[C@@H](Cc2ccccc2)C(=O)N[C@@H](CCCCN)C(=O)C(=O)CCCCCN2C(=O)C=CC2=O)cc1. The molecule has 264 valence electrons. The molecule has 3 amide bonds. The van der Waals surface area contributed by atoms with Gasteiger partial charge in [-0.1, -0.05) is 48.9 Å². The van der Waals surface area contributed by atoms with Crippen LogP contribution in [0.2, 0.25) is 0 Å². The van der Waals surface area contributed by atoms with Crippen molar-refractivity contribution in [2.45, 2.75) is 90.8 Å². The molecule has 0 saturated heterocycles. The molecule has 1 aliphatic rings. The van der Waals surface area contributed by atoms with Crippen molar-refractivity contribution >= 4 is 40.9 Å². The molecule has 1 aliphatic heterocycles. The van der Waals surface area contributed by atoms with E-state index >= 15 is 0 Å². The van der Waals surface area contributed by atoms with Gasteiger partial charge < -0.3 is 21.2 Å². The first-order valence-corrected chi connectivity index (χ1v) is 16.8. The number of benzene rings is 2. The number of esters is 1. The highest BCUT2D eigenvalue weighted by Gasteiger charge is 2.29. The molecular weight excluding hydrogens is 626 g/mol. The van der Waals surface area contributed by atoms with Gasteiger partial charge in [-0.05, 0) is 89.1 Å². The molecule has 12 heteroatoms. The van der Waals surface area contributed by atoms with Gasteiger partial charge in [0, 0.05) is 30.8 Å². The molecule has 0 saturated carbocycles. The number of ketones is 2. The highest BCUT2D eigenvalue weighted by atomic mass is 16.5. The topological polar surface area (TPSA) is 177 Å². The third kappa shape index (κ3) is 13.0. The van der Waals surface area contributed by atoms with Crippen LogP contribution in [0.1, 0.15) is 76.8 Å². The fourth-order valence-electron chi connectivity index (χ4n) is 5.01. The van der Waals surface area contributed by atoms with E-state index in [1.165, 1.54) is 12.2 Å². The summed E-state index contributed by atoms with van der Waals surface area (Å²) in [6.07, 6.45) is 5.71. The van der Waals surface area contributed by atoms with Gasteiger partial charge in [-0.3, -0.25) is 33.7 Å². The molecule has 0 bridgehead atoms. The average Bonchev–Trinajstić information content (AvgIpc) is 3.40. The quantitative estimate of drug-likeness (QED) is 0.0503. The number of ether oxygens (including phenoxy) is 1. The summed E-state index contributed by atoms with van der Waals surface area (Å²) >= 11 is 0. The summed E-state index contributed by atoms with van der Waals surface area (Å²) in [5.74, 6) is -2.68. The first-order valence-electron chi connectivity index (χ1n) is 16.8. The summed E-state index contributed by atoms with van der Waals surface area (Å²) in [7, 11) is 0. The first kappa shape index (κ1) is 38.8. The van der Waals surface area contributed by atoms with Crippen LogP contribution in [0.4, 0.5) is 5.69 Å². The molecule has 0 radical (unpaired) electrons. The molecule has 2 aromatic carbocycles. The number of amides is 3. The fraction of sp³-hybridized carbons (Fsp3) is 0.459. The summed E-state index contributed by atoms with van der Waals surface area (Å²) in [6, 6.07) is 14.8. The van der Waals surface area contributed by atoms with Crippen LogP contribution in [0.5, 0.6) is 0 Å². The highest BCUT2D eigenvalue weighted by Crippen LogP contribution is 2.18. The third-order valence-corrected chi connectivity index (χ3v) is 7.97. The van der Waals surface area contributed by atoms with Crippen LogP contribution < -0.4 is 21.9 Å². The standard InChI is InChI=1S/C37H49N5O7/c1-37(2,3)36(48)49-25-27-16-18-28(19-17-27)40-41-30(24-26-12-6-4-7-13-26)35(47)39-29(14-9-10-22-38)34(46)31(43)15-8-5-11-23-42-32(44)20-21-33(42)45/h4,6-7,12-13,16-21,29-30,40-41H,5,8-11,14-15,22-25,38H2,1-3H3,(H,39,47)/t29-,30-/m0/s1. The van der Waals surface area contributed by atoms with Gasteiger partial charge in [0.1, 0.15) is 12.6 Å². The van der Waals surface area contributed by atoms with Crippen LogP contribution in [0, 0.1) is 5.41 Å². The number of unbranched alkanes of at least 4 members (excludes halogenated alkanes) is 3. The van der Waals surface area contributed by atoms with E-state index in [4.69, 9.17) is 10.5 Å². The first-order chi connectivity index (χ1) is 23.4. The van der Waals surface area contributed by atoms with E-state index in [-0.39, 0.29) is 43.8 Å². The van der Waals surface area contributed by atoms with Gasteiger partial charge in [-0.2, -0.15) is 0 Å². The van der Waals surface area contributed by atoms with Gasteiger partial charge in [0.05, 0.1) is 11.5 Å². The molecule has 0 unspecified atom stereocenters. The van der Waals surface area contributed by atoms with Crippen LogP contribution in [0.3, 0.4) is 0 Å². The zero-order chi connectivity index (χ0) is 35.8. The lowest BCUT2D eigenvalue weighted by atomic mass is 9.97. The van der Waals surface area contributed by atoms with Crippen LogP contribution >= 0.6 is 0 Å². The molecule has 1 heterocycles. The summed E-state index contributed by atoms with van der Waals surface area (Å²) in [5, 5.41) is 2.82. The van der Waals surface area contributed by atoms with Crippen LogP contribution in [0.25, 0.3) is 0 Å². The summed E-state index contributed by atoms with van der Waals surface area (Å²) in [6.45, 7) is 6.19. The minimum atomic E-state index is -1.01. The molecule has 0 aliphatic carbocycles. The third-order valence-electron chi connectivity index (χ3n) is 7.97. The lowest BCUT2D eigenvalue weighted by Crippen LogP contribution is -2.53. The predicted octanol–water partition coefficient (Wildman–Crippen LogP) is 3.54. The number of rotatable bonds is 21. The summed E-state index contributed by atoms with van der Waals surface area (Å²) in [4.78, 5) is 76.6. The van der Waals surface area contributed by atoms with Crippen molar-refractivity contribution in [1.82, 2.24) is 15.6 Å². The van der Waals surface area contributed by atoms with Gasteiger partial charge in [-0.15, -0.1) is 0 Å². The second kappa shape index (κ2) is 19.4. The van der Waals surface area contributed by atoms with E-state index in [0.29, 0.717) is 50.8 Å². The average molecular weight is 676 g/mol. The largest absolute Gasteiger partial charge is 0.460 e. The molecule has 3 rings (SSSR count). The van der Waals surface area contributed by atoms with Gasteiger partial charge in [-0.25, -0.2) is 5.43 Å². The molecule has 49 heavy (non-hydrogen) atoms. The number of hydrazine groups is 1. The Morgan fingerprint density at radius 1 is 0.816 bits per heavy atom. The number of hydrogen-bond acceptors (Lipinski definition) is 10. The van der Waals surface area contributed by atoms with E-state index in [1.807, 2.05) is 42.5 Å². The number of carbonyl (C=O) groups excluding carboxylic acids is 6. The van der Waals surface area contributed by atoms with E-state index in [0.717, 1.165) is 16.0 Å². The van der Waals surface area contributed by atoms with Crippen molar-refractivity contribution in [3.05, 3.63) is 77.9 Å². The van der Waals surface area contributed by atoms with Crippen LogP contribution in [-0.4, -0.2) is 65.3 Å². The van der Waals surface area contributed by atoms with E-state index in [1.54, 1.807) is 32.9 Å². The fourth-order valence-corrected chi connectivity index (χ4v) is 5.01. The molecule has 0 aromatic heterocycles. The Morgan fingerprint density at radius 2 is 1.49 bits per heavy atom. The maximum atomic E-state index is 13.7. The number of Topliss-reactive ketones (excluding diaryl/α,β-unsaturated/α-hetero) is 2. The number of hydrogen-bond donors (Lipinski definition) is 4. The Hall–Kier alpha value is -4.68. The Morgan fingerprint density at radius 3 is 2.12 bits per heavy atom. The number of imide groups is 1. The smallest absolute Gasteiger partial charge is 0.311 e. The van der Waals surface area contributed by atoms with E-state index < -0.39 is 35.0 Å². The Balaban J connectivity index is 1.60. The molecular formula is C37H49N5O7. The van der Waals surface area contributed by atoms with Crippen molar-refractivity contribution in [2.24, 2.45) is 11.1 Å². The van der Waals surface area contributed by atoms with Crippen LogP contribution in [0.15, 0.2) is 66.7 Å². The van der Waals surface area contributed by atoms with Crippen molar-refractivity contribution in [1.29, 1.82) is 0 Å². The Labute approximate surface area is 288 Å². The highest BCUT2D eigenvalue weighted by molar-refractivity contribution is 6.39. The molecule has 0 spiro atoms. The maximum absolute atomic E-state index is 13.7. The van der Waals surface area contributed by atoms with Gasteiger partial charge in [0.2, 0.25) is 17.5 Å². The number of nitrogens with zero attached hydrogens (tertiary/aromatic N) is 1. The molecule has 2 aromatic rings. The molecule has 12 nitrogen and oxygen atoms in total. The number of anilines is 1. The lowest BCUT2D eigenvalue weighted by molar-refractivity contribution is -0.154. The molecule has 5 N–H and O–H groups in total. The minimum Gasteiger partial charge on any atom is -0.460 e. The number of carbonyl (C=O) groups is 6. The summed E-state index contributed by atoms with van der Waals surface area (Å²) < 4.78 is 5.38. The monoisotopic (exact) mass is 675 g/mol. The predicted molar refractivity (Wildman–Crippen MR) is 186 cm³/mol. The van der Waals surface area contributed by atoms with Gasteiger partial charge in [0.25, 0.3) is 11.8 Å². The van der Waals surface area contributed by atoms with Crippen molar-refractivity contribution in [3.63, 3.8) is 0 Å². The van der Waals surface area contributed by atoms with Gasteiger partial charge in [0.15, 0.2) is 0 Å². The normalized spacial score (nSPS) is 14.0.